The molecule has 0 bridgehead atoms. The van der Waals surface area contributed by atoms with Crippen LogP contribution in [0.15, 0.2) is 0 Å². The Bertz CT molecular complexity index is 250. The number of ether oxygens (including phenoxy) is 1. The quantitative estimate of drug-likeness (QED) is 0.511. The summed E-state index contributed by atoms with van der Waals surface area (Å²) in [6.45, 7) is 6.78. The van der Waals surface area contributed by atoms with Crippen LogP contribution < -0.4 is 5.32 Å². The molecule has 1 unspecified atom stereocenters. The molecule has 5 atom stereocenters. The van der Waals surface area contributed by atoms with Crippen molar-refractivity contribution in [1.29, 1.82) is 0 Å². The highest BCUT2D eigenvalue weighted by Gasteiger charge is 2.41. The summed E-state index contributed by atoms with van der Waals surface area (Å²) in [6.07, 6.45) is 0.465. The highest BCUT2D eigenvalue weighted by molar-refractivity contribution is 4.91. The molecular weight excluding hydrogens is 246 g/mol. The van der Waals surface area contributed by atoms with Crippen molar-refractivity contribution in [3.63, 3.8) is 0 Å². The third-order valence-electron chi connectivity index (χ3n) is 3.73. The first kappa shape index (κ1) is 16.9. The van der Waals surface area contributed by atoms with Gasteiger partial charge < -0.3 is 25.4 Å². The average Bonchev–Trinajstić information content (AvgIpc) is 2.63. The minimum Gasteiger partial charge on any atom is -0.394 e. The Morgan fingerprint density at radius 2 is 1.68 bits per heavy atom. The Balaban J connectivity index is 2.21. The Hall–Kier alpha value is -0.200. The first-order chi connectivity index (χ1) is 8.95. The van der Waals surface area contributed by atoms with Gasteiger partial charge in [-0.25, -0.2) is 0 Å². The molecule has 0 aromatic rings. The fourth-order valence-electron chi connectivity index (χ4n) is 2.40. The lowest BCUT2D eigenvalue weighted by Crippen LogP contribution is -2.40. The van der Waals surface area contributed by atoms with E-state index in [1.165, 1.54) is 12.8 Å². The monoisotopic (exact) mass is 275 g/mol. The normalized spacial score (nSPS) is 33.0. The van der Waals surface area contributed by atoms with Crippen LogP contribution in [-0.4, -0.2) is 58.9 Å². The van der Waals surface area contributed by atoms with Gasteiger partial charge in [-0.3, -0.25) is 0 Å². The van der Waals surface area contributed by atoms with Gasteiger partial charge in [0.05, 0.1) is 12.7 Å². The minimum atomic E-state index is -0.993. The van der Waals surface area contributed by atoms with E-state index in [4.69, 9.17) is 9.84 Å². The van der Waals surface area contributed by atoms with Crippen molar-refractivity contribution >= 4 is 0 Å². The molecule has 0 spiro atoms. The van der Waals surface area contributed by atoms with Crippen LogP contribution in [0, 0.1) is 5.92 Å². The lowest BCUT2D eigenvalue weighted by molar-refractivity contribution is -0.0218. The number of aliphatic hydroxyl groups excluding tert-OH is 3. The first-order valence-corrected chi connectivity index (χ1v) is 7.31. The van der Waals surface area contributed by atoms with Crippen LogP contribution in [0.4, 0.5) is 0 Å². The smallest absolute Gasteiger partial charge is 0.111 e. The zero-order valence-corrected chi connectivity index (χ0v) is 12.2. The minimum absolute atomic E-state index is 0.265. The zero-order chi connectivity index (χ0) is 14.4. The van der Waals surface area contributed by atoms with Crippen LogP contribution in [0.2, 0.25) is 0 Å². The summed E-state index contributed by atoms with van der Waals surface area (Å²) in [5.41, 5.74) is 0. The summed E-state index contributed by atoms with van der Waals surface area (Å²) in [5.74, 6) is 0.729. The van der Waals surface area contributed by atoms with Gasteiger partial charge in [-0.1, -0.05) is 26.7 Å². The molecular formula is C14H29NO4. The van der Waals surface area contributed by atoms with E-state index in [1.54, 1.807) is 0 Å². The van der Waals surface area contributed by atoms with Gasteiger partial charge in [-0.05, 0) is 19.3 Å². The molecule has 0 amide bonds. The van der Waals surface area contributed by atoms with Gasteiger partial charge in [-0.15, -0.1) is 0 Å². The molecule has 0 aliphatic carbocycles. The van der Waals surface area contributed by atoms with Gasteiger partial charge in [-0.2, -0.15) is 0 Å². The zero-order valence-electron chi connectivity index (χ0n) is 12.2. The van der Waals surface area contributed by atoms with Crippen LogP contribution in [0.3, 0.4) is 0 Å². The van der Waals surface area contributed by atoms with Gasteiger partial charge in [0.1, 0.15) is 18.3 Å². The summed E-state index contributed by atoms with van der Waals surface area (Å²) in [6, 6.07) is 0.361. The van der Waals surface area contributed by atoms with Crippen LogP contribution >= 0.6 is 0 Å². The molecule has 1 fully saturated rings. The predicted octanol–water partition coefficient (Wildman–Crippen LogP) is 0.272. The first-order valence-electron chi connectivity index (χ1n) is 7.31. The van der Waals surface area contributed by atoms with Crippen LogP contribution in [-0.2, 0) is 4.74 Å². The fraction of sp³-hybridized carbons (Fsp3) is 1.00. The highest BCUT2D eigenvalue weighted by Crippen LogP contribution is 2.20. The Morgan fingerprint density at radius 1 is 1.05 bits per heavy atom. The summed E-state index contributed by atoms with van der Waals surface area (Å²) < 4.78 is 5.42. The molecule has 1 rings (SSSR count). The highest BCUT2D eigenvalue weighted by atomic mass is 16.6. The molecule has 5 heteroatoms. The van der Waals surface area contributed by atoms with Gasteiger partial charge in [0, 0.05) is 12.6 Å². The molecule has 1 aliphatic rings. The molecule has 1 saturated heterocycles. The predicted molar refractivity (Wildman–Crippen MR) is 73.9 cm³/mol. The average molecular weight is 275 g/mol. The van der Waals surface area contributed by atoms with E-state index in [1.807, 2.05) is 0 Å². The molecule has 0 saturated carbocycles. The van der Waals surface area contributed by atoms with Crippen molar-refractivity contribution in [3.05, 3.63) is 0 Å². The largest absolute Gasteiger partial charge is 0.394 e. The maximum atomic E-state index is 9.79. The van der Waals surface area contributed by atoms with Crippen LogP contribution in [0.1, 0.15) is 40.0 Å². The van der Waals surface area contributed by atoms with Crippen molar-refractivity contribution in [2.45, 2.75) is 70.5 Å². The summed E-state index contributed by atoms with van der Waals surface area (Å²) in [5, 5.41) is 31.7. The third-order valence-corrected chi connectivity index (χ3v) is 3.73. The SMILES string of the molecule is CC(C)CCCC(C)NC[C@H]1O[C@H](CO)[C@@H](O)[C@@H]1O. The second-order valence-electron chi connectivity index (χ2n) is 6.01. The molecule has 114 valence electrons. The Labute approximate surface area is 116 Å². The number of nitrogens with one attached hydrogen (secondary N) is 1. The maximum Gasteiger partial charge on any atom is 0.111 e. The molecule has 1 aliphatic heterocycles. The van der Waals surface area contributed by atoms with Gasteiger partial charge in [0.15, 0.2) is 0 Å². The lowest BCUT2D eigenvalue weighted by atomic mass is 10.0. The Kier molecular flexibility index (Phi) is 7.25. The van der Waals surface area contributed by atoms with Crippen molar-refractivity contribution < 1.29 is 20.1 Å². The van der Waals surface area contributed by atoms with Gasteiger partial charge in [0.2, 0.25) is 0 Å². The van der Waals surface area contributed by atoms with Crippen molar-refractivity contribution in [1.82, 2.24) is 5.32 Å². The number of rotatable bonds is 8. The van der Waals surface area contributed by atoms with Crippen LogP contribution in [0.25, 0.3) is 0 Å². The Morgan fingerprint density at radius 3 is 2.21 bits per heavy atom. The van der Waals surface area contributed by atoms with E-state index in [2.05, 4.69) is 26.1 Å². The molecule has 0 radical (unpaired) electrons. The molecule has 4 N–H and O–H groups in total. The summed E-state index contributed by atoms with van der Waals surface area (Å²) in [7, 11) is 0. The van der Waals surface area contributed by atoms with Gasteiger partial charge >= 0.3 is 0 Å². The van der Waals surface area contributed by atoms with E-state index >= 15 is 0 Å². The van der Waals surface area contributed by atoms with E-state index in [0.717, 1.165) is 12.3 Å². The standard InChI is InChI=1S/C14H29NO4/c1-9(2)5-4-6-10(3)15-7-11-13(17)14(18)12(8-16)19-11/h9-18H,4-8H2,1-3H3/t10?,11-,12-,13-,14-/m1/s1. The number of aliphatic hydroxyl groups is 3. The van der Waals surface area contributed by atoms with E-state index in [-0.39, 0.29) is 6.61 Å². The van der Waals surface area contributed by atoms with Crippen molar-refractivity contribution in [2.24, 2.45) is 5.92 Å². The second kappa shape index (κ2) is 8.17. The van der Waals surface area contributed by atoms with Crippen molar-refractivity contribution in [2.75, 3.05) is 13.2 Å². The second-order valence-corrected chi connectivity index (χ2v) is 6.01. The number of hydrogen-bond acceptors (Lipinski definition) is 5. The van der Waals surface area contributed by atoms with E-state index < -0.39 is 24.4 Å². The molecule has 19 heavy (non-hydrogen) atoms. The molecule has 1 heterocycles. The van der Waals surface area contributed by atoms with Crippen molar-refractivity contribution in [3.8, 4) is 0 Å². The lowest BCUT2D eigenvalue weighted by Gasteiger charge is -2.19. The molecule has 0 aromatic carbocycles. The third kappa shape index (κ3) is 5.36. The van der Waals surface area contributed by atoms with Gasteiger partial charge in [0.25, 0.3) is 0 Å². The summed E-state index contributed by atoms with van der Waals surface area (Å²) >= 11 is 0. The van der Waals surface area contributed by atoms with E-state index in [0.29, 0.717) is 12.6 Å². The van der Waals surface area contributed by atoms with E-state index in [9.17, 15) is 10.2 Å². The fourth-order valence-corrected chi connectivity index (χ4v) is 2.40. The maximum absolute atomic E-state index is 9.79. The summed E-state index contributed by atoms with van der Waals surface area (Å²) in [4.78, 5) is 0. The molecule has 0 aromatic heterocycles. The number of hydrogen-bond donors (Lipinski definition) is 4. The molecule has 5 nitrogen and oxygen atoms in total. The van der Waals surface area contributed by atoms with Crippen LogP contribution in [0.5, 0.6) is 0 Å². The topological polar surface area (TPSA) is 82.0 Å².